The number of hydrogen-bond acceptors (Lipinski definition) is 3. The highest BCUT2D eigenvalue weighted by molar-refractivity contribution is 4.99. The van der Waals surface area contributed by atoms with Gasteiger partial charge in [-0.15, -0.1) is 0 Å². The molecule has 1 saturated carbocycles. The topological polar surface area (TPSA) is 29.0 Å². The molecule has 80 valence electrons. The van der Waals surface area contributed by atoms with Gasteiger partial charge in [0.1, 0.15) is 0 Å². The van der Waals surface area contributed by atoms with Gasteiger partial charge in [0.2, 0.25) is 0 Å². The first-order chi connectivity index (χ1) is 7.43. The van der Waals surface area contributed by atoms with E-state index in [1.165, 1.54) is 32.2 Å². The van der Waals surface area contributed by atoms with Gasteiger partial charge in [-0.1, -0.05) is 6.42 Å². The lowest BCUT2D eigenvalue weighted by molar-refractivity contribution is 0.230. The highest BCUT2D eigenvalue weighted by Gasteiger charge is 2.37. The number of rotatable bonds is 2. The van der Waals surface area contributed by atoms with Gasteiger partial charge < -0.3 is 0 Å². The molecule has 3 heteroatoms. The van der Waals surface area contributed by atoms with E-state index in [1.54, 1.807) is 12.4 Å². The molecule has 0 radical (unpaired) electrons. The van der Waals surface area contributed by atoms with Gasteiger partial charge in [-0.3, -0.25) is 14.9 Å². The summed E-state index contributed by atoms with van der Waals surface area (Å²) in [6.45, 7) is 2.25. The molecule has 0 spiro atoms. The number of likely N-dealkylation sites (tertiary alicyclic amines) is 1. The number of hydrogen-bond donors (Lipinski definition) is 0. The monoisotopic (exact) mass is 203 g/mol. The second-order valence-corrected chi connectivity index (χ2v) is 4.71. The van der Waals surface area contributed by atoms with Crippen molar-refractivity contribution < 1.29 is 0 Å². The molecule has 1 aliphatic heterocycles. The molecule has 0 aromatic carbocycles. The van der Waals surface area contributed by atoms with E-state index in [0.29, 0.717) is 0 Å². The summed E-state index contributed by atoms with van der Waals surface area (Å²) in [6.07, 6.45) is 11.1. The van der Waals surface area contributed by atoms with E-state index in [0.717, 1.165) is 24.2 Å². The minimum atomic E-state index is 0.840. The minimum Gasteiger partial charge on any atom is -0.294 e. The van der Waals surface area contributed by atoms with E-state index >= 15 is 0 Å². The maximum atomic E-state index is 4.35. The molecular weight excluding hydrogens is 186 g/mol. The zero-order chi connectivity index (χ0) is 10.1. The molecule has 0 unspecified atom stereocenters. The minimum absolute atomic E-state index is 0.840. The third kappa shape index (κ3) is 1.76. The van der Waals surface area contributed by atoms with Crippen molar-refractivity contribution in [2.24, 2.45) is 5.92 Å². The van der Waals surface area contributed by atoms with Crippen LogP contribution in [0.5, 0.6) is 0 Å². The Bertz CT molecular complexity index is 325. The highest BCUT2D eigenvalue weighted by Crippen LogP contribution is 2.38. The Morgan fingerprint density at radius 3 is 3.13 bits per heavy atom. The van der Waals surface area contributed by atoms with E-state index in [1.807, 2.05) is 6.20 Å². The van der Waals surface area contributed by atoms with Crippen LogP contribution in [0.25, 0.3) is 0 Å². The van der Waals surface area contributed by atoms with Crippen LogP contribution in [0.2, 0.25) is 0 Å². The Kier molecular flexibility index (Phi) is 2.41. The molecule has 3 rings (SSSR count). The lowest BCUT2D eigenvalue weighted by Crippen LogP contribution is -2.29. The van der Waals surface area contributed by atoms with E-state index in [-0.39, 0.29) is 0 Å². The van der Waals surface area contributed by atoms with Crippen LogP contribution in [0.15, 0.2) is 18.6 Å². The smallest absolute Gasteiger partial charge is 0.0726 e. The van der Waals surface area contributed by atoms with Crippen LogP contribution < -0.4 is 0 Å². The Balaban J connectivity index is 1.69. The fraction of sp³-hybridized carbons (Fsp3) is 0.667. The maximum Gasteiger partial charge on any atom is 0.0726 e. The van der Waals surface area contributed by atoms with Crippen molar-refractivity contribution in [2.45, 2.75) is 38.3 Å². The van der Waals surface area contributed by atoms with E-state index in [2.05, 4.69) is 14.9 Å². The first-order valence-corrected chi connectivity index (χ1v) is 5.92. The standard InChI is InChI=1S/C12H17N3/c1-2-10-4-7-15(12(10)3-1)9-11-8-13-5-6-14-11/h5-6,8,10,12H,1-4,7,9H2/t10-,12-/m1/s1. The van der Waals surface area contributed by atoms with Crippen molar-refractivity contribution in [1.82, 2.24) is 14.9 Å². The van der Waals surface area contributed by atoms with Gasteiger partial charge in [-0.25, -0.2) is 0 Å². The van der Waals surface area contributed by atoms with Crippen LogP contribution >= 0.6 is 0 Å². The van der Waals surface area contributed by atoms with Crippen molar-refractivity contribution in [3.05, 3.63) is 24.3 Å². The molecule has 0 bridgehead atoms. The Hall–Kier alpha value is -0.960. The SMILES string of the molecule is c1cnc(CN2CC[C@H]3CCC[C@H]32)cn1. The van der Waals surface area contributed by atoms with Crippen molar-refractivity contribution in [2.75, 3.05) is 6.54 Å². The third-order valence-electron chi connectivity index (χ3n) is 3.86. The molecule has 2 fully saturated rings. The van der Waals surface area contributed by atoms with Crippen molar-refractivity contribution >= 4 is 0 Å². The average molecular weight is 203 g/mol. The fourth-order valence-corrected chi connectivity index (χ4v) is 3.15. The lowest BCUT2D eigenvalue weighted by Gasteiger charge is -2.22. The van der Waals surface area contributed by atoms with Crippen molar-refractivity contribution in [1.29, 1.82) is 0 Å². The van der Waals surface area contributed by atoms with Crippen molar-refractivity contribution in [3.63, 3.8) is 0 Å². The lowest BCUT2D eigenvalue weighted by atomic mass is 10.0. The number of nitrogens with zero attached hydrogens (tertiary/aromatic N) is 3. The highest BCUT2D eigenvalue weighted by atomic mass is 15.2. The van der Waals surface area contributed by atoms with Gasteiger partial charge in [0, 0.05) is 31.2 Å². The average Bonchev–Trinajstić information content (AvgIpc) is 2.85. The zero-order valence-electron chi connectivity index (χ0n) is 8.97. The van der Waals surface area contributed by atoms with Gasteiger partial charge in [0.05, 0.1) is 5.69 Å². The Morgan fingerprint density at radius 1 is 1.27 bits per heavy atom. The summed E-state index contributed by atoms with van der Waals surface area (Å²) < 4.78 is 0. The molecule has 0 N–H and O–H groups in total. The fourth-order valence-electron chi connectivity index (χ4n) is 3.15. The van der Waals surface area contributed by atoms with Crippen molar-refractivity contribution in [3.8, 4) is 0 Å². The van der Waals surface area contributed by atoms with Gasteiger partial charge in [-0.2, -0.15) is 0 Å². The second-order valence-electron chi connectivity index (χ2n) is 4.71. The van der Waals surface area contributed by atoms with Gasteiger partial charge >= 0.3 is 0 Å². The van der Waals surface area contributed by atoms with E-state index < -0.39 is 0 Å². The van der Waals surface area contributed by atoms with Gasteiger partial charge in [0.15, 0.2) is 0 Å². The van der Waals surface area contributed by atoms with Crippen LogP contribution in [-0.4, -0.2) is 27.5 Å². The van der Waals surface area contributed by atoms with Crippen LogP contribution in [0.4, 0.5) is 0 Å². The molecule has 3 nitrogen and oxygen atoms in total. The molecule has 2 aliphatic rings. The number of aromatic nitrogens is 2. The quantitative estimate of drug-likeness (QED) is 0.734. The first-order valence-electron chi connectivity index (χ1n) is 5.92. The van der Waals surface area contributed by atoms with E-state index in [4.69, 9.17) is 0 Å². The van der Waals surface area contributed by atoms with Crippen LogP contribution in [0.3, 0.4) is 0 Å². The van der Waals surface area contributed by atoms with E-state index in [9.17, 15) is 0 Å². The number of fused-ring (bicyclic) bond motifs is 1. The third-order valence-corrected chi connectivity index (χ3v) is 3.86. The van der Waals surface area contributed by atoms with Crippen LogP contribution in [0, 0.1) is 5.92 Å². The predicted molar refractivity (Wildman–Crippen MR) is 58.2 cm³/mol. The summed E-state index contributed by atoms with van der Waals surface area (Å²) in [6, 6.07) is 0.840. The normalized spacial score (nSPS) is 30.7. The maximum absolute atomic E-state index is 4.35. The summed E-state index contributed by atoms with van der Waals surface area (Å²) in [4.78, 5) is 11.1. The molecule has 1 aliphatic carbocycles. The van der Waals surface area contributed by atoms with Gasteiger partial charge in [-0.05, 0) is 31.7 Å². The zero-order valence-corrected chi connectivity index (χ0v) is 8.97. The Morgan fingerprint density at radius 2 is 2.27 bits per heavy atom. The summed E-state index contributed by atoms with van der Waals surface area (Å²) >= 11 is 0. The summed E-state index contributed by atoms with van der Waals surface area (Å²) in [5, 5.41) is 0. The molecule has 1 aromatic rings. The molecule has 15 heavy (non-hydrogen) atoms. The van der Waals surface area contributed by atoms with Gasteiger partial charge in [0.25, 0.3) is 0 Å². The summed E-state index contributed by atoms with van der Waals surface area (Å²) in [7, 11) is 0. The van der Waals surface area contributed by atoms with Crippen LogP contribution in [-0.2, 0) is 6.54 Å². The van der Waals surface area contributed by atoms with Crippen LogP contribution in [0.1, 0.15) is 31.4 Å². The molecular formula is C12H17N3. The molecule has 2 heterocycles. The molecule has 1 saturated heterocycles. The predicted octanol–water partition coefficient (Wildman–Crippen LogP) is 1.85. The molecule has 2 atom stereocenters. The Labute approximate surface area is 90.5 Å². The second kappa shape index (κ2) is 3.89. The largest absolute Gasteiger partial charge is 0.294 e. The first kappa shape index (κ1) is 9.28. The summed E-state index contributed by atoms with van der Waals surface area (Å²) in [5.41, 5.74) is 1.12. The summed E-state index contributed by atoms with van der Waals surface area (Å²) in [5.74, 6) is 0.974. The molecule has 0 amide bonds. The molecule has 1 aromatic heterocycles.